The van der Waals surface area contributed by atoms with Crippen molar-refractivity contribution in [2.75, 3.05) is 7.11 Å². The smallest absolute Gasteiger partial charge is 0.315 e. The number of carbonyl (C=O) groups is 1. The number of ether oxygens (including phenoxy) is 1. The average Bonchev–Trinajstić information content (AvgIpc) is 3.03. The molecule has 0 fully saturated rings. The van der Waals surface area contributed by atoms with Crippen LogP contribution in [0, 0.1) is 16.7 Å². The summed E-state index contributed by atoms with van der Waals surface area (Å²) in [4.78, 5) is 16.6. The number of benzene rings is 1. The molecule has 1 heterocycles. The van der Waals surface area contributed by atoms with Crippen LogP contribution in [-0.4, -0.2) is 18.1 Å². The first-order valence-corrected chi connectivity index (χ1v) is 11.2. The van der Waals surface area contributed by atoms with Crippen molar-refractivity contribution in [1.82, 2.24) is 4.98 Å². The fourth-order valence-electron chi connectivity index (χ4n) is 6.44. The van der Waals surface area contributed by atoms with Gasteiger partial charge in [0.1, 0.15) is 0 Å². The van der Waals surface area contributed by atoms with Gasteiger partial charge in [-0.05, 0) is 74.1 Å². The van der Waals surface area contributed by atoms with Crippen LogP contribution in [0.15, 0.2) is 33.8 Å². The van der Waals surface area contributed by atoms with Crippen molar-refractivity contribution in [1.29, 1.82) is 0 Å². The van der Waals surface area contributed by atoms with Gasteiger partial charge in [-0.1, -0.05) is 40.9 Å². The molecule has 1 aromatic heterocycles. The van der Waals surface area contributed by atoms with Crippen LogP contribution in [0.3, 0.4) is 0 Å². The summed E-state index contributed by atoms with van der Waals surface area (Å²) in [6.45, 7) is 6.97. The lowest BCUT2D eigenvalue weighted by atomic mass is 9.49. The second-order valence-corrected chi connectivity index (χ2v) is 10.5. The maximum atomic E-state index is 12.8. The molecule has 1 N–H and O–H groups in total. The third kappa shape index (κ3) is 2.24. The highest BCUT2D eigenvalue weighted by atomic mass is 79.9. The van der Waals surface area contributed by atoms with Crippen LogP contribution in [0.5, 0.6) is 0 Å². The van der Waals surface area contributed by atoms with E-state index in [9.17, 15) is 4.79 Å². The van der Waals surface area contributed by atoms with E-state index in [0.29, 0.717) is 11.8 Å². The Hall–Kier alpha value is -1.55. The summed E-state index contributed by atoms with van der Waals surface area (Å²) in [7, 11) is 1.53. The summed E-state index contributed by atoms with van der Waals surface area (Å²) in [5, 5.41) is 1.35. The van der Waals surface area contributed by atoms with E-state index in [-0.39, 0.29) is 11.4 Å². The Bertz CT molecular complexity index is 1030. The third-order valence-corrected chi connectivity index (χ3v) is 8.73. The van der Waals surface area contributed by atoms with Crippen LogP contribution in [0.1, 0.15) is 63.6 Å². The average molecular weight is 442 g/mol. The Kier molecular flexibility index (Phi) is 3.94. The zero-order chi connectivity index (χ0) is 19.8. The van der Waals surface area contributed by atoms with Gasteiger partial charge in [-0.15, -0.1) is 0 Å². The molecule has 0 amide bonds. The monoisotopic (exact) mass is 441 g/mol. The minimum atomic E-state index is -0.464. The number of fused-ring (bicyclic) bond motifs is 4. The molecule has 3 nitrogen and oxygen atoms in total. The lowest BCUT2D eigenvalue weighted by Crippen LogP contribution is -2.47. The molecule has 0 bridgehead atoms. The molecule has 0 spiro atoms. The van der Waals surface area contributed by atoms with Crippen LogP contribution in [-0.2, 0) is 16.0 Å². The van der Waals surface area contributed by atoms with Gasteiger partial charge in [0.15, 0.2) is 0 Å². The fraction of sp³-hybridized carbons (Fsp3) is 0.542. The number of H-pyrrole nitrogens is 1. The molecular weight excluding hydrogens is 414 g/mol. The first kappa shape index (κ1) is 18.5. The van der Waals surface area contributed by atoms with Crippen LogP contribution in [0.2, 0.25) is 0 Å². The normalized spacial score (nSPS) is 34.2. The van der Waals surface area contributed by atoms with Crippen LogP contribution in [0.4, 0.5) is 0 Å². The molecule has 2 aromatic rings. The number of aromatic nitrogens is 1. The zero-order valence-corrected chi connectivity index (χ0v) is 18.7. The van der Waals surface area contributed by atoms with Crippen LogP contribution in [0.25, 0.3) is 10.9 Å². The molecule has 3 aliphatic carbocycles. The van der Waals surface area contributed by atoms with Crippen LogP contribution >= 0.6 is 15.9 Å². The highest BCUT2D eigenvalue weighted by Crippen LogP contribution is 2.63. The maximum Gasteiger partial charge on any atom is 0.315 e. The second-order valence-electron chi connectivity index (χ2n) is 9.55. The van der Waals surface area contributed by atoms with Crippen molar-refractivity contribution in [3.8, 4) is 0 Å². The van der Waals surface area contributed by atoms with E-state index in [2.05, 4.69) is 59.9 Å². The minimum Gasteiger partial charge on any atom is -0.468 e. The Morgan fingerprint density at radius 1 is 1.29 bits per heavy atom. The van der Waals surface area contributed by atoms with E-state index in [0.717, 1.165) is 36.6 Å². The maximum absolute atomic E-state index is 12.8. The molecule has 4 heteroatoms. The topological polar surface area (TPSA) is 42.1 Å². The molecule has 5 rings (SSSR count). The van der Waals surface area contributed by atoms with Crippen molar-refractivity contribution in [2.45, 2.75) is 58.8 Å². The highest BCUT2D eigenvalue weighted by Gasteiger charge is 2.55. The number of esters is 1. The van der Waals surface area contributed by atoms with Crippen molar-refractivity contribution in [3.63, 3.8) is 0 Å². The molecule has 0 saturated heterocycles. The number of hydrogen-bond acceptors (Lipinski definition) is 2. The van der Waals surface area contributed by atoms with Crippen molar-refractivity contribution < 1.29 is 9.53 Å². The summed E-state index contributed by atoms with van der Waals surface area (Å²) in [6, 6.07) is 6.56. The van der Waals surface area contributed by atoms with Gasteiger partial charge in [-0.25, -0.2) is 0 Å². The van der Waals surface area contributed by atoms with E-state index in [1.54, 1.807) is 5.57 Å². The number of carbonyl (C=O) groups excluding carboxylic acids is 1. The standard InChI is InChI=1S/C24H28BrNO2/c1-13-5-7-18-20-15(9-10-23(18,2)22(27)28-4)21-17(12-24(13,20)3)16-11-14(25)6-8-19(16)26-21/h6,8,11,13,15,26H,5,7,9-10,12H2,1-4H3/t13-,15-,23+,24+/m1/s1. The predicted molar refractivity (Wildman–Crippen MR) is 115 cm³/mol. The summed E-state index contributed by atoms with van der Waals surface area (Å²) in [5.74, 6) is 0.950. The fourth-order valence-corrected chi connectivity index (χ4v) is 6.80. The SMILES string of the molecule is COC(=O)[C@@]1(C)CC[C@@H]2C3=C1CC[C@@H](C)[C@]3(C)Cc1c2[nH]c2ccc(Br)cc12. The lowest BCUT2D eigenvalue weighted by Gasteiger charge is -2.54. The van der Waals surface area contributed by atoms with Crippen molar-refractivity contribution in [2.24, 2.45) is 16.7 Å². The number of allylic oxidation sites excluding steroid dienone is 1. The number of aromatic amines is 1. The van der Waals surface area contributed by atoms with Crippen molar-refractivity contribution >= 4 is 32.8 Å². The molecular formula is C24H28BrNO2. The minimum absolute atomic E-state index is 0.0586. The largest absolute Gasteiger partial charge is 0.468 e. The summed E-state index contributed by atoms with van der Waals surface area (Å²) in [6.07, 6.45) is 5.09. The molecule has 0 radical (unpaired) electrons. The number of methoxy groups -OCH3 is 1. The summed E-state index contributed by atoms with van der Waals surface area (Å²) in [5.41, 5.74) is 6.67. The van der Waals surface area contributed by atoms with Crippen LogP contribution < -0.4 is 0 Å². The Morgan fingerprint density at radius 2 is 2.07 bits per heavy atom. The summed E-state index contributed by atoms with van der Waals surface area (Å²) >= 11 is 3.66. The number of nitrogens with one attached hydrogen (secondary N) is 1. The number of halogens is 1. The molecule has 4 atom stereocenters. The zero-order valence-electron chi connectivity index (χ0n) is 17.1. The molecule has 1 aromatic carbocycles. The molecule has 3 aliphatic rings. The van der Waals surface area contributed by atoms with E-state index in [1.807, 2.05) is 0 Å². The summed E-state index contributed by atoms with van der Waals surface area (Å²) < 4.78 is 6.40. The van der Waals surface area contributed by atoms with Gasteiger partial charge in [0.05, 0.1) is 12.5 Å². The highest BCUT2D eigenvalue weighted by molar-refractivity contribution is 9.10. The first-order valence-electron chi connectivity index (χ1n) is 10.4. The van der Waals surface area contributed by atoms with E-state index in [4.69, 9.17) is 4.74 Å². The van der Waals surface area contributed by atoms with E-state index >= 15 is 0 Å². The lowest BCUT2D eigenvalue weighted by molar-refractivity contribution is -0.150. The molecule has 0 unspecified atom stereocenters. The van der Waals surface area contributed by atoms with Gasteiger partial charge in [-0.2, -0.15) is 0 Å². The van der Waals surface area contributed by atoms with Gasteiger partial charge in [0.2, 0.25) is 0 Å². The Morgan fingerprint density at radius 3 is 2.82 bits per heavy atom. The second kappa shape index (κ2) is 5.98. The number of rotatable bonds is 1. The van der Waals surface area contributed by atoms with Gasteiger partial charge in [0.25, 0.3) is 0 Å². The third-order valence-electron chi connectivity index (χ3n) is 8.23. The van der Waals surface area contributed by atoms with Gasteiger partial charge < -0.3 is 9.72 Å². The van der Waals surface area contributed by atoms with E-state index < -0.39 is 5.41 Å². The quantitative estimate of drug-likeness (QED) is 0.418. The Labute approximate surface area is 175 Å². The van der Waals surface area contributed by atoms with Gasteiger partial charge >= 0.3 is 5.97 Å². The molecule has 0 aliphatic heterocycles. The first-order chi connectivity index (χ1) is 13.3. The predicted octanol–water partition coefficient (Wildman–Crippen LogP) is 6.28. The molecule has 148 valence electrons. The van der Waals surface area contributed by atoms with E-state index in [1.165, 1.54) is 34.8 Å². The van der Waals surface area contributed by atoms with Gasteiger partial charge in [-0.3, -0.25) is 4.79 Å². The molecule has 0 saturated carbocycles. The number of hydrogen-bond donors (Lipinski definition) is 1. The van der Waals surface area contributed by atoms with Gasteiger partial charge in [0, 0.05) is 27.0 Å². The van der Waals surface area contributed by atoms with Crippen molar-refractivity contribution in [3.05, 3.63) is 45.1 Å². The molecule has 28 heavy (non-hydrogen) atoms. The Balaban J connectivity index is 1.79.